The molecule has 2 aromatic carbocycles. The third kappa shape index (κ3) is 6.20. The summed E-state index contributed by atoms with van der Waals surface area (Å²) in [6.07, 6.45) is 3.39. The molecule has 0 aliphatic rings. The summed E-state index contributed by atoms with van der Waals surface area (Å²) in [7, 11) is 0. The van der Waals surface area contributed by atoms with Crippen LogP contribution < -0.4 is 10.1 Å². The fourth-order valence-corrected chi connectivity index (χ4v) is 3.88. The molecule has 0 unspecified atom stereocenters. The van der Waals surface area contributed by atoms with Crippen molar-refractivity contribution in [3.05, 3.63) is 90.5 Å². The van der Waals surface area contributed by atoms with Crippen LogP contribution in [0, 0.1) is 0 Å². The van der Waals surface area contributed by atoms with Gasteiger partial charge in [0.1, 0.15) is 18.7 Å². The third-order valence-electron chi connectivity index (χ3n) is 4.92. The summed E-state index contributed by atoms with van der Waals surface area (Å²) in [5.74, 6) is 1.21. The first kappa shape index (κ1) is 22.5. The number of hydrogen-bond donors (Lipinski definition) is 1. The van der Waals surface area contributed by atoms with Crippen LogP contribution >= 0.6 is 11.8 Å². The summed E-state index contributed by atoms with van der Waals surface area (Å²) in [6.45, 7) is 4.69. The minimum Gasteiger partial charge on any atom is -0.487 e. The topological polar surface area (TPSA) is 81.9 Å². The molecule has 4 aromatic rings. The van der Waals surface area contributed by atoms with Crippen molar-refractivity contribution in [1.29, 1.82) is 0 Å². The molecule has 0 bridgehead atoms. The number of hydrogen-bond acceptors (Lipinski definition) is 6. The molecule has 0 saturated carbocycles. The van der Waals surface area contributed by atoms with E-state index >= 15 is 0 Å². The molecule has 2 aromatic heterocycles. The summed E-state index contributed by atoms with van der Waals surface area (Å²) in [5.41, 5.74) is 3.74. The standard InChI is InChI=1S/C25H25N5O2S/c1-18(2)19-9-11-22(12-10-19)30-17-27-29-25(30)33-16-24(31)28-20-7-5-8-23(14-20)32-15-21-6-3-4-13-26-21/h3-14,17-18H,15-16H2,1-2H3,(H,28,31). The number of ether oxygens (including phenoxy) is 1. The summed E-state index contributed by atoms with van der Waals surface area (Å²) in [6, 6.07) is 21.3. The number of rotatable bonds is 9. The number of carbonyl (C=O) groups is 1. The molecule has 7 nitrogen and oxygen atoms in total. The van der Waals surface area contributed by atoms with Gasteiger partial charge in [0.2, 0.25) is 5.91 Å². The van der Waals surface area contributed by atoms with E-state index < -0.39 is 0 Å². The molecule has 2 heterocycles. The number of nitrogens with zero attached hydrogens (tertiary/aromatic N) is 4. The Labute approximate surface area is 197 Å². The quantitative estimate of drug-likeness (QED) is 0.351. The van der Waals surface area contributed by atoms with Gasteiger partial charge in [0.25, 0.3) is 0 Å². The van der Waals surface area contributed by atoms with E-state index in [-0.39, 0.29) is 11.7 Å². The first-order valence-electron chi connectivity index (χ1n) is 10.6. The van der Waals surface area contributed by atoms with Crippen molar-refractivity contribution in [2.45, 2.75) is 31.5 Å². The van der Waals surface area contributed by atoms with Gasteiger partial charge >= 0.3 is 0 Å². The van der Waals surface area contributed by atoms with Crippen molar-refractivity contribution in [3.8, 4) is 11.4 Å². The molecule has 4 rings (SSSR count). The number of amides is 1. The van der Waals surface area contributed by atoms with Gasteiger partial charge in [-0.1, -0.05) is 49.9 Å². The Morgan fingerprint density at radius 3 is 2.70 bits per heavy atom. The smallest absolute Gasteiger partial charge is 0.234 e. The summed E-state index contributed by atoms with van der Waals surface area (Å²) in [4.78, 5) is 16.8. The van der Waals surface area contributed by atoms with E-state index in [0.717, 1.165) is 11.4 Å². The molecule has 1 N–H and O–H groups in total. The minimum absolute atomic E-state index is 0.133. The second kappa shape index (κ2) is 10.8. The highest BCUT2D eigenvalue weighted by Crippen LogP contribution is 2.23. The molecule has 0 fully saturated rings. The van der Waals surface area contributed by atoms with Crippen molar-refractivity contribution < 1.29 is 9.53 Å². The minimum atomic E-state index is -0.133. The van der Waals surface area contributed by atoms with Gasteiger partial charge in [0.05, 0.1) is 11.4 Å². The van der Waals surface area contributed by atoms with Crippen LogP contribution in [0.1, 0.15) is 31.0 Å². The van der Waals surface area contributed by atoms with E-state index in [1.165, 1.54) is 17.3 Å². The SMILES string of the molecule is CC(C)c1ccc(-n2cnnc2SCC(=O)Nc2cccc(OCc3ccccn3)c2)cc1. The van der Waals surface area contributed by atoms with E-state index in [4.69, 9.17) is 4.74 Å². The molecular weight excluding hydrogens is 434 g/mol. The summed E-state index contributed by atoms with van der Waals surface area (Å²) < 4.78 is 7.66. The maximum Gasteiger partial charge on any atom is 0.234 e. The van der Waals surface area contributed by atoms with Crippen LogP contribution in [-0.4, -0.2) is 31.4 Å². The molecule has 1 amide bonds. The van der Waals surface area contributed by atoms with Crippen LogP contribution in [0.4, 0.5) is 5.69 Å². The average molecular weight is 460 g/mol. The Morgan fingerprint density at radius 2 is 1.94 bits per heavy atom. The lowest BCUT2D eigenvalue weighted by molar-refractivity contribution is -0.113. The Bertz CT molecular complexity index is 1190. The van der Waals surface area contributed by atoms with Crippen LogP contribution in [0.2, 0.25) is 0 Å². The van der Waals surface area contributed by atoms with E-state index in [2.05, 4.69) is 46.5 Å². The van der Waals surface area contributed by atoms with E-state index in [1.54, 1.807) is 18.6 Å². The van der Waals surface area contributed by atoms with Gasteiger partial charge in [-0.3, -0.25) is 14.3 Å². The van der Waals surface area contributed by atoms with Crippen LogP contribution in [-0.2, 0) is 11.4 Å². The number of benzene rings is 2. The molecule has 33 heavy (non-hydrogen) atoms. The number of aromatic nitrogens is 4. The fourth-order valence-electron chi connectivity index (χ4n) is 3.15. The monoisotopic (exact) mass is 459 g/mol. The Morgan fingerprint density at radius 1 is 1.09 bits per heavy atom. The zero-order valence-electron chi connectivity index (χ0n) is 18.5. The van der Waals surface area contributed by atoms with Crippen molar-refractivity contribution in [2.24, 2.45) is 0 Å². The van der Waals surface area contributed by atoms with Gasteiger partial charge in [-0.2, -0.15) is 0 Å². The Hall–Kier alpha value is -3.65. The number of anilines is 1. The van der Waals surface area contributed by atoms with Gasteiger partial charge in [-0.25, -0.2) is 0 Å². The molecule has 0 aliphatic carbocycles. The summed E-state index contributed by atoms with van der Waals surface area (Å²) in [5, 5.41) is 11.8. The number of thioether (sulfide) groups is 1. The molecular formula is C25H25N5O2S. The maximum absolute atomic E-state index is 12.5. The number of nitrogens with one attached hydrogen (secondary N) is 1. The second-order valence-corrected chi connectivity index (χ2v) is 8.65. The van der Waals surface area contributed by atoms with E-state index in [1.807, 2.05) is 53.1 Å². The predicted molar refractivity (Wildman–Crippen MR) is 130 cm³/mol. The highest BCUT2D eigenvalue weighted by atomic mass is 32.2. The van der Waals surface area contributed by atoms with Crippen LogP contribution in [0.15, 0.2) is 84.4 Å². The molecule has 0 radical (unpaired) electrons. The van der Waals surface area contributed by atoms with E-state index in [9.17, 15) is 4.79 Å². The molecule has 0 aliphatic heterocycles. The zero-order valence-corrected chi connectivity index (χ0v) is 19.3. The fraction of sp³-hybridized carbons (Fsp3) is 0.200. The number of carbonyl (C=O) groups excluding carboxylic acids is 1. The third-order valence-corrected chi connectivity index (χ3v) is 5.86. The van der Waals surface area contributed by atoms with Gasteiger partial charge in [0, 0.05) is 23.6 Å². The largest absolute Gasteiger partial charge is 0.487 e. The normalized spacial score (nSPS) is 10.9. The predicted octanol–water partition coefficient (Wildman–Crippen LogP) is 5.10. The average Bonchev–Trinajstić information content (AvgIpc) is 3.31. The van der Waals surface area contributed by atoms with Crippen molar-refractivity contribution in [2.75, 3.05) is 11.1 Å². The lowest BCUT2D eigenvalue weighted by Gasteiger charge is -2.10. The second-order valence-electron chi connectivity index (χ2n) is 7.70. The van der Waals surface area contributed by atoms with Crippen LogP contribution in [0.5, 0.6) is 5.75 Å². The van der Waals surface area contributed by atoms with Gasteiger partial charge in [0.15, 0.2) is 5.16 Å². The molecule has 0 spiro atoms. The molecule has 0 atom stereocenters. The number of pyridine rings is 1. The van der Waals surface area contributed by atoms with Crippen molar-refractivity contribution >= 4 is 23.4 Å². The lowest BCUT2D eigenvalue weighted by Crippen LogP contribution is -2.14. The van der Waals surface area contributed by atoms with Gasteiger partial charge in [-0.05, 0) is 47.9 Å². The van der Waals surface area contributed by atoms with Crippen LogP contribution in [0.3, 0.4) is 0 Å². The van der Waals surface area contributed by atoms with Crippen LogP contribution in [0.25, 0.3) is 5.69 Å². The first-order valence-corrected chi connectivity index (χ1v) is 11.6. The molecule has 168 valence electrons. The summed E-state index contributed by atoms with van der Waals surface area (Å²) >= 11 is 1.34. The lowest BCUT2D eigenvalue weighted by atomic mass is 10.0. The highest BCUT2D eigenvalue weighted by molar-refractivity contribution is 7.99. The van der Waals surface area contributed by atoms with Crippen molar-refractivity contribution in [3.63, 3.8) is 0 Å². The molecule has 0 saturated heterocycles. The Balaban J connectivity index is 1.32. The van der Waals surface area contributed by atoms with E-state index in [0.29, 0.717) is 29.1 Å². The van der Waals surface area contributed by atoms with Gasteiger partial charge < -0.3 is 10.1 Å². The maximum atomic E-state index is 12.5. The van der Waals surface area contributed by atoms with Gasteiger partial charge in [-0.15, -0.1) is 10.2 Å². The van der Waals surface area contributed by atoms with Crippen molar-refractivity contribution in [1.82, 2.24) is 19.7 Å². The molecule has 8 heteroatoms. The Kier molecular flexibility index (Phi) is 7.36. The first-order chi connectivity index (χ1) is 16.1. The highest BCUT2D eigenvalue weighted by Gasteiger charge is 2.11. The zero-order chi connectivity index (χ0) is 23.0.